The number of aliphatic imine (C=N–C) groups is 2. The van der Waals surface area contributed by atoms with Crippen LogP contribution in [0, 0.1) is 0 Å². The Morgan fingerprint density at radius 1 is 0.276 bits per heavy atom. The van der Waals surface area contributed by atoms with E-state index in [1.807, 2.05) is 0 Å². The third-order valence-corrected chi connectivity index (χ3v) is 13.5. The van der Waals surface area contributed by atoms with Crippen LogP contribution in [0.15, 0.2) is 192 Å². The SMILES string of the molecule is c1ccc(N=C2c3ccccc3B3c4c2cccc4-c2ccc4cc5c6c(ccc7cc3c2c4c76)-c2cccc3c2B5c2ccccc2C3=Nc2ccccc2)cc1. The molecule has 0 unspecified atom stereocenters. The van der Waals surface area contributed by atoms with Gasteiger partial charge in [-0.3, -0.25) is 0 Å². The van der Waals surface area contributed by atoms with Crippen LogP contribution in [0.3, 0.4) is 0 Å². The highest BCUT2D eigenvalue weighted by Gasteiger charge is 2.43. The summed E-state index contributed by atoms with van der Waals surface area (Å²) in [6.45, 7) is 0.197. The van der Waals surface area contributed by atoms with Gasteiger partial charge < -0.3 is 0 Å². The maximum absolute atomic E-state index is 5.35. The Labute approximate surface area is 336 Å². The lowest BCUT2D eigenvalue weighted by Gasteiger charge is -2.37. The van der Waals surface area contributed by atoms with Crippen LogP contribution in [-0.4, -0.2) is 24.8 Å². The minimum absolute atomic E-state index is 0.0986. The summed E-state index contributed by atoms with van der Waals surface area (Å²) in [4.78, 5) is 10.7. The van der Waals surface area contributed by atoms with E-state index in [0.29, 0.717) is 0 Å². The van der Waals surface area contributed by atoms with Crippen LogP contribution in [0.25, 0.3) is 54.6 Å². The van der Waals surface area contributed by atoms with E-state index in [2.05, 4.69) is 182 Å². The zero-order valence-corrected chi connectivity index (χ0v) is 31.4. The van der Waals surface area contributed by atoms with Gasteiger partial charge in [0.05, 0.1) is 22.8 Å². The van der Waals surface area contributed by atoms with Crippen molar-refractivity contribution in [2.24, 2.45) is 9.98 Å². The van der Waals surface area contributed by atoms with Crippen LogP contribution in [-0.2, 0) is 0 Å². The normalized spacial score (nSPS) is 15.2. The second kappa shape index (κ2) is 11.2. The lowest BCUT2D eigenvalue weighted by atomic mass is 9.30. The van der Waals surface area contributed by atoms with Gasteiger partial charge in [0.15, 0.2) is 0 Å². The van der Waals surface area contributed by atoms with Gasteiger partial charge in [0.25, 0.3) is 0 Å². The van der Waals surface area contributed by atoms with Gasteiger partial charge in [0, 0.05) is 0 Å². The Kier molecular flexibility index (Phi) is 5.95. The maximum atomic E-state index is 5.35. The third-order valence-electron chi connectivity index (χ3n) is 13.5. The number of rotatable bonds is 2. The van der Waals surface area contributed by atoms with Gasteiger partial charge in [-0.05, 0) is 101 Å². The number of nitrogens with zero attached hydrogens (tertiary/aromatic N) is 2. The molecule has 0 saturated heterocycles. The molecule has 0 amide bonds. The molecule has 4 heterocycles. The molecule has 58 heavy (non-hydrogen) atoms. The van der Waals surface area contributed by atoms with Crippen molar-refractivity contribution in [3.8, 4) is 22.3 Å². The topological polar surface area (TPSA) is 24.7 Å². The molecule has 10 aromatic carbocycles. The smallest absolute Gasteiger partial charge is 0.244 e. The summed E-state index contributed by atoms with van der Waals surface area (Å²) in [6, 6.07) is 67.2. The van der Waals surface area contributed by atoms with Crippen LogP contribution in [0.2, 0.25) is 0 Å². The number of para-hydroxylation sites is 2. The van der Waals surface area contributed by atoms with Crippen molar-refractivity contribution in [3.63, 3.8) is 0 Å². The molecule has 0 aromatic heterocycles. The fourth-order valence-electron chi connectivity index (χ4n) is 11.3. The highest BCUT2D eigenvalue weighted by Crippen LogP contribution is 2.45. The first-order chi connectivity index (χ1) is 28.8. The zero-order valence-electron chi connectivity index (χ0n) is 31.4. The molecule has 4 heteroatoms. The molecule has 0 spiro atoms. The van der Waals surface area contributed by atoms with Gasteiger partial charge in [0.2, 0.25) is 13.4 Å². The monoisotopic (exact) mass is 728 g/mol. The van der Waals surface area contributed by atoms with E-state index in [1.165, 1.54) is 110 Å². The van der Waals surface area contributed by atoms with Crippen molar-refractivity contribution in [2.75, 3.05) is 0 Å². The van der Waals surface area contributed by atoms with E-state index < -0.39 is 0 Å². The average Bonchev–Trinajstić information content (AvgIpc) is 3.28. The van der Waals surface area contributed by atoms with E-state index in [-0.39, 0.29) is 13.4 Å². The molecule has 0 N–H and O–H groups in total. The molecule has 4 aliphatic rings. The van der Waals surface area contributed by atoms with Gasteiger partial charge >= 0.3 is 0 Å². The molecule has 4 aliphatic heterocycles. The Bertz CT molecular complexity index is 3280. The fourth-order valence-corrected chi connectivity index (χ4v) is 11.3. The molecule has 10 aromatic rings. The summed E-state index contributed by atoms with van der Waals surface area (Å²) < 4.78 is 0. The summed E-state index contributed by atoms with van der Waals surface area (Å²) in [5.74, 6) is 0. The number of benzene rings is 10. The van der Waals surface area contributed by atoms with E-state index in [1.54, 1.807) is 0 Å². The van der Waals surface area contributed by atoms with Crippen molar-refractivity contribution in [2.45, 2.75) is 0 Å². The first-order valence-electron chi connectivity index (χ1n) is 20.3. The first-order valence-corrected chi connectivity index (χ1v) is 20.3. The molecule has 0 aliphatic carbocycles. The van der Waals surface area contributed by atoms with Crippen LogP contribution >= 0.6 is 0 Å². The molecular weight excluding hydrogens is 698 g/mol. The van der Waals surface area contributed by atoms with Gasteiger partial charge in [-0.1, -0.05) is 191 Å². The summed E-state index contributed by atoms with van der Waals surface area (Å²) >= 11 is 0. The quantitative estimate of drug-likeness (QED) is 0.126. The lowest BCUT2D eigenvalue weighted by Crippen LogP contribution is -2.61. The van der Waals surface area contributed by atoms with Crippen molar-refractivity contribution >= 4 is 101 Å². The Morgan fingerprint density at radius 3 is 1.14 bits per heavy atom. The predicted octanol–water partition coefficient (Wildman–Crippen LogP) is 8.54. The summed E-state index contributed by atoms with van der Waals surface area (Å²) in [5.41, 5.74) is 22.4. The summed E-state index contributed by atoms with van der Waals surface area (Å²) in [5, 5.41) is 8.17. The van der Waals surface area contributed by atoms with Crippen LogP contribution in [0.1, 0.15) is 22.3 Å². The van der Waals surface area contributed by atoms with E-state index >= 15 is 0 Å². The van der Waals surface area contributed by atoms with Gasteiger partial charge in [-0.25, -0.2) is 9.98 Å². The molecule has 0 fully saturated rings. The highest BCUT2D eigenvalue weighted by atomic mass is 14.8. The van der Waals surface area contributed by atoms with Gasteiger partial charge in [-0.2, -0.15) is 0 Å². The van der Waals surface area contributed by atoms with Crippen LogP contribution in [0.5, 0.6) is 0 Å². The molecular formula is C54H30B2N2. The van der Waals surface area contributed by atoms with E-state index in [4.69, 9.17) is 9.98 Å². The summed E-state index contributed by atoms with van der Waals surface area (Å²) in [7, 11) is 0. The Balaban J connectivity index is 1.08. The second-order valence-electron chi connectivity index (χ2n) is 16.3. The summed E-state index contributed by atoms with van der Waals surface area (Å²) in [6.07, 6.45) is 0. The zero-order chi connectivity index (χ0) is 37.6. The fraction of sp³-hybridized carbons (Fsp3) is 0. The van der Waals surface area contributed by atoms with Crippen molar-refractivity contribution < 1.29 is 0 Å². The van der Waals surface area contributed by atoms with Crippen molar-refractivity contribution in [3.05, 3.63) is 204 Å². The Morgan fingerprint density at radius 2 is 0.672 bits per heavy atom. The Hall–Kier alpha value is -7.29. The number of hydrogen-bond acceptors (Lipinski definition) is 2. The third kappa shape index (κ3) is 3.90. The van der Waals surface area contributed by atoms with Crippen LogP contribution < -0.4 is 32.8 Å². The molecule has 2 nitrogen and oxygen atoms in total. The van der Waals surface area contributed by atoms with Gasteiger partial charge in [-0.15, -0.1) is 0 Å². The molecule has 0 bridgehead atoms. The first kappa shape index (κ1) is 30.9. The highest BCUT2D eigenvalue weighted by molar-refractivity contribution is 7.02. The minimum atomic E-state index is 0.0986. The largest absolute Gasteiger partial charge is 0.248 e. The van der Waals surface area contributed by atoms with Crippen LogP contribution in [0.4, 0.5) is 11.4 Å². The minimum Gasteiger partial charge on any atom is -0.248 e. The average molecular weight is 728 g/mol. The molecule has 0 atom stereocenters. The maximum Gasteiger partial charge on any atom is 0.244 e. The standard InChI is InChI=1S/C54H30B2N2/c1-3-13-33(14-4-1)57-53-39-17-7-9-23-43(39)55-45-29-31-26-28-36-38-20-12-22-42-52(38)56(44-24-10-8-18-40(44)54(42)58-34-15-5-2-6-16-34)46-30-32-25-27-35(37-19-11-21-41(53)51(37)55)49(45)47(32)48(31)50(36)46/h1-30H. The second-order valence-corrected chi connectivity index (χ2v) is 16.3. The van der Waals surface area contributed by atoms with Crippen molar-refractivity contribution in [1.29, 1.82) is 0 Å². The molecule has 14 rings (SSSR count). The number of hydrogen-bond donors (Lipinski definition) is 0. The van der Waals surface area contributed by atoms with E-state index in [0.717, 1.165) is 22.8 Å². The van der Waals surface area contributed by atoms with E-state index in [9.17, 15) is 0 Å². The predicted molar refractivity (Wildman–Crippen MR) is 247 cm³/mol. The van der Waals surface area contributed by atoms with Crippen molar-refractivity contribution in [1.82, 2.24) is 0 Å². The van der Waals surface area contributed by atoms with Gasteiger partial charge in [0.1, 0.15) is 0 Å². The number of fused-ring (bicyclic) bond motifs is 8. The molecule has 0 saturated carbocycles. The molecule has 0 radical (unpaired) electrons. The molecule has 262 valence electrons. The lowest BCUT2D eigenvalue weighted by molar-refractivity contribution is 1.48.